The van der Waals surface area contributed by atoms with Crippen LogP contribution in [0.3, 0.4) is 0 Å². The lowest BCUT2D eigenvalue weighted by atomic mass is 9.94. The zero-order valence-corrected chi connectivity index (χ0v) is 12.6. The van der Waals surface area contributed by atoms with Crippen LogP contribution in [0, 0.1) is 0 Å². The van der Waals surface area contributed by atoms with Crippen molar-refractivity contribution in [3.05, 3.63) is 29.6 Å². The van der Waals surface area contributed by atoms with Gasteiger partial charge in [0, 0.05) is 12.0 Å². The van der Waals surface area contributed by atoms with Crippen LogP contribution < -0.4 is 0 Å². The molecule has 0 saturated carbocycles. The SMILES string of the molecule is CCc1nc2ccc(C(=O)O)cc2n1C(C)(CC)CC. The van der Waals surface area contributed by atoms with E-state index in [1.54, 1.807) is 18.2 Å². The van der Waals surface area contributed by atoms with Crippen molar-refractivity contribution >= 4 is 17.0 Å². The molecule has 1 N–H and O–H groups in total. The highest BCUT2D eigenvalue weighted by atomic mass is 16.4. The van der Waals surface area contributed by atoms with Gasteiger partial charge in [0.1, 0.15) is 5.82 Å². The second-order valence-electron chi connectivity index (χ2n) is 5.43. The van der Waals surface area contributed by atoms with Gasteiger partial charge in [-0.3, -0.25) is 0 Å². The first kappa shape index (κ1) is 14.6. The van der Waals surface area contributed by atoms with Crippen LogP contribution in [0.4, 0.5) is 0 Å². The average Bonchev–Trinajstić information content (AvgIpc) is 2.84. The minimum atomic E-state index is -0.896. The highest BCUT2D eigenvalue weighted by Crippen LogP contribution is 2.31. The summed E-state index contributed by atoms with van der Waals surface area (Å²) in [5, 5.41) is 9.19. The molecule has 1 aromatic carbocycles. The van der Waals surface area contributed by atoms with Gasteiger partial charge in [0.25, 0.3) is 0 Å². The van der Waals surface area contributed by atoms with Gasteiger partial charge in [0.05, 0.1) is 16.6 Å². The van der Waals surface area contributed by atoms with E-state index in [-0.39, 0.29) is 5.54 Å². The van der Waals surface area contributed by atoms with E-state index in [1.807, 2.05) is 0 Å². The third-order valence-electron chi connectivity index (χ3n) is 4.35. The summed E-state index contributed by atoms with van der Waals surface area (Å²) in [6.07, 6.45) is 2.81. The molecular weight excluding hydrogens is 252 g/mol. The fourth-order valence-electron chi connectivity index (χ4n) is 2.66. The highest BCUT2D eigenvalue weighted by Gasteiger charge is 2.27. The van der Waals surface area contributed by atoms with Crippen molar-refractivity contribution in [1.29, 1.82) is 0 Å². The van der Waals surface area contributed by atoms with Crippen molar-refractivity contribution in [3.8, 4) is 0 Å². The average molecular weight is 274 g/mol. The Kier molecular flexibility index (Phi) is 3.84. The number of hydrogen-bond acceptors (Lipinski definition) is 2. The van der Waals surface area contributed by atoms with Crippen molar-refractivity contribution in [2.75, 3.05) is 0 Å². The molecule has 4 nitrogen and oxygen atoms in total. The number of rotatable bonds is 5. The van der Waals surface area contributed by atoms with E-state index in [0.29, 0.717) is 5.56 Å². The lowest BCUT2D eigenvalue weighted by Gasteiger charge is -2.31. The van der Waals surface area contributed by atoms with Gasteiger partial charge in [-0.05, 0) is 38.0 Å². The number of aromatic nitrogens is 2. The fourth-order valence-corrected chi connectivity index (χ4v) is 2.66. The number of aryl methyl sites for hydroxylation is 1. The predicted octanol–water partition coefficient (Wildman–Crippen LogP) is 3.83. The molecule has 1 heterocycles. The zero-order chi connectivity index (χ0) is 14.9. The first-order chi connectivity index (χ1) is 9.46. The van der Waals surface area contributed by atoms with E-state index >= 15 is 0 Å². The van der Waals surface area contributed by atoms with E-state index in [9.17, 15) is 9.90 Å². The van der Waals surface area contributed by atoms with Gasteiger partial charge < -0.3 is 9.67 Å². The van der Waals surface area contributed by atoms with Gasteiger partial charge in [-0.25, -0.2) is 9.78 Å². The second kappa shape index (κ2) is 5.27. The number of imidazole rings is 1. The molecule has 0 bridgehead atoms. The Hall–Kier alpha value is -1.84. The van der Waals surface area contributed by atoms with Gasteiger partial charge >= 0.3 is 5.97 Å². The van der Waals surface area contributed by atoms with E-state index in [2.05, 4.69) is 37.2 Å². The molecule has 4 heteroatoms. The third-order valence-corrected chi connectivity index (χ3v) is 4.35. The molecule has 0 amide bonds. The van der Waals surface area contributed by atoms with Gasteiger partial charge in [0.15, 0.2) is 0 Å². The van der Waals surface area contributed by atoms with E-state index in [0.717, 1.165) is 36.1 Å². The molecule has 0 aliphatic heterocycles. The smallest absolute Gasteiger partial charge is 0.335 e. The van der Waals surface area contributed by atoms with Crippen LogP contribution in [0.1, 0.15) is 56.7 Å². The van der Waals surface area contributed by atoms with Crippen molar-refractivity contribution in [3.63, 3.8) is 0 Å². The number of benzene rings is 1. The Morgan fingerprint density at radius 1 is 1.30 bits per heavy atom. The van der Waals surface area contributed by atoms with Gasteiger partial charge in [-0.15, -0.1) is 0 Å². The summed E-state index contributed by atoms with van der Waals surface area (Å²) >= 11 is 0. The van der Waals surface area contributed by atoms with Crippen LogP contribution >= 0.6 is 0 Å². The van der Waals surface area contributed by atoms with Gasteiger partial charge in [-0.2, -0.15) is 0 Å². The quantitative estimate of drug-likeness (QED) is 0.901. The summed E-state index contributed by atoms with van der Waals surface area (Å²) in [6, 6.07) is 5.17. The van der Waals surface area contributed by atoms with Crippen molar-refractivity contribution < 1.29 is 9.90 Å². The number of carboxylic acids is 1. The Morgan fingerprint density at radius 2 is 1.95 bits per heavy atom. The molecule has 0 aliphatic rings. The van der Waals surface area contributed by atoms with Crippen LogP contribution in [0.5, 0.6) is 0 Å². The van der Waals surface area contributed by atoms with E-state index in [4.69, 9.17) is 0 Å². The van der Waals surface area contributed by atoms with Crippen LogP contribution in [-0.2, 0) is 12.0 Å². The lowest BCUT2D eigenvalue weighted by Crippen LogP contribution is -2.30. The number of nitrogens with zero attached hydrogens (tertiary/aromatic N) is 2. The van der Waals surface area contributed by atoms with Crippen LogP contribution in [0.25, 0.3) is 11.0 Å². The van der Waals surface area contributed by atoms with Gasteiger partial charge in [0.2, 0.25) is 0 Å². The highest BCUT2D eigenvalue weighted by molar-refractivity contribution is 5.92. The molecule has 2 aromatic rings. The second-order valence-corrected chi connectivity index (χ2v) is 5.43. The van der Waals surface area contributed by atoms with Crippen LogP contribution in [-0.4, -0.2) is 20.6 Å². The minimum absolute atomic E-state index is 0.0305. The number of carbonyl (C=O) groups is 1. The molecule has 0 fully saturated rings. The van der Waals surface area contributed by atoms with Gasteiger partial charge in [-0.1, -0.05) is 20.8 Å². The summed E-state index contributed by atoms with van der Waals surface area (Å²) in [6.45, 7) is 8.62. The first-order valence-electron chi connectivity index (χ1n) is 7.22. The minimum Gasteiger partial charge on any atom is -0.478 e. The molecule has 0 unspecified atom stereocenters. The molecule has 0 atom stereocenters. The maximum atomic E-state index is 11.2. The molecule has 0 saturated heterocycles. The molecule has 2 rings (SSSR count). The summed E-state index contributed by atoms with van der Waals surface area (Å²) < 4.78 is 2.23. The summed E-state index contributed by atoms with van der Waals surface area (Å²) in [5.41, 5.74) is 2.08. The standard InChI is InChI=1S/C16H22N2O2/c1-5-14-17-12-9-8-11(15(19)20)10-13(12)18(14)16(4,6-2)7-3/h8-10H,5-7H2,1-4H3,(H,19,20). The first-order valence-corrected chi connectivity index (χ1v) is 7.22. The summed E-state index contributed by atoms with van der Waals surface area (Å²) in [4.78, 5) is 15.9. The van der Waals surface area contributed by atoms with E-state index < -0.39 is 5.97 Å². The zero-order valence-electron chi connectivity index (χ0n) is 12.6. The number of fused-ring (bicyclic) bond motifs is 1. The molecule has 0 radical (unpaired) electrons. The maximum Gasteiger partial charge on any atom is 0.335 e. The summed E-state index contributed by atoms with van der Waals surface area (Å²) in [5.74, 6) is 0.126. The lowest BCUT2D eigenvalue weighted by molar-refractivity contribution is 0.0697. The molecular formula is C16H22N2O2. The molecule has 20 heavy (non-hydrogen) atoms. The van der Waals surface area contributed by atoms with Crippen LogP contribution in [0.15, 0.2) is 18.2 Å². The van der Waals surface area contributed by atoms with Crippen molar-refractivity contribution in [2.24, 2.45) is 0 Å². The normalized spacial score (nSPS) is 12.0. The largest absolute Gasteiger partial charge is 0.478 e. The maximum absolute atomic E-state index is 11.2. The molecule has 0 aliphatic carbocycles. The third kappa shape index (κ3) is 2.19. The monoisotopic (exact) mass is 274 g/mol. The predicted molar refractivity (Wildman–Crippen MR) is 80.3 cm³/mol. The fraction of sp³-hybridized carbons (Fsp3) is 0.500. The number of hydrogen-bond donors (Lipinski definition) is 1. The number of aromatic carboxylic acids is 1. The Bertz CT molecular complexity index is 639. The van der Waals surface area contributed by atoms with Crippen molar-refractivity contribution in [2.45, 2.75) is 52.5 Å². The molecule has 0 spiro atoms. The topological polar surface area (TPSA) is 55.1 Å². The van der Waals surface area contributed by atoms with Crippen molar-refractivity contribution in [1.82, 2.24) is 9.55 Å². The number of carboxylic acid groups (broad SMARTS) is 1. The Balaban J connectivity index is 2.78. The summed E-state index contributed by atoms with van der Waals surface area (Å²) in [7, 11) is 0. The Morgan fingerprint density at radius 3 is 2.45 bits per heavy atom. The molecule has 108 valence electrons. The Labute approximate surface area is 119 Å². The molecule has 1 aromatic heterocycles. The van der Waals surface area contributed by atoms with Crippen LogP contribution in [0.2, 0.25) is 0 Å². The van der Waals surface area contributed by atoms with E-state index in [1.165, 1.54) is 0 Å².